The second kappa shape index (κ2) is 6.74. The molecule has 20 heavy (non-hydrogen) atoms. The van der Waals surface area contributed by atoms with Gasteiger partial charge in [-0.05, 0) is 12.0 Å². The first kappa shape index (κ1) is 14.8. The largest absolute Gasteiger partial charge is 0.355 e. The molecule has 0 fully saturated rings. The number of nitrogens with one attached hydrogen (secondary N) is 1. The number of nitrogens with zero attached hydrogens (tertiary/aromatic N) is 2. The molecule has 0 radical (unpaired) electrons. The molecule has 1 heterocycles. The van der Waals surface area contributed by atoms with Gasteiger partial charge in [0.1, 0.15) is 0 Å². The Morgan fingerprint density at radius 3 is 2.65 bits per heavy atom. The molecule has 0 saturated heterocycles. The van der Waals surface area contributed by atoms with Gasteiger partial charge < -0.3 is 10.2 Å². The maximum Gasteiger partial charge on any atom is 0.193 e. The van der Waals surface area contributed by atoms with Crippen molar-refractivity contribution in [1.29, 1.82) is 0 Å². The van der Waals surface area contributed by atoms with Gasteiger partial charge >= 0.3 is 0 Å². The molecule has 0 saturated carbocycles. The summed E-state index contributed by atoms with van der Waals surface area (Å²) in [6.07, 6.45) is 0.573. The molecule has 0 unspecified atom stereocenters. The molecule has 0 amide bonds. The summed E-state index contributed by atoms with van der Waals surface area (Å²) in [6, 6.07) is 9.70. The summed E-state index contributed by atoms with van der Waals surface area (Å²) in [4.78, 5) is 6.26. The topological polar surface area (TPSA) is 61.8 Å². The third kappa shape index (κ3) is 4.52. The van der Waals surface area contributed by atoms with Crippen LogP contribution in [0.1, 0.15) is 5.56 Å². The van der Waals surface area contributed by atoms with Gasteiger partial charge in [-0.3, -0.25) is 4.99 Å². The molecule has 0 atom stereocenters. The maximum atomic E-state index is 12.0. The Labute approximate surface area is 120 Å². The minimum Gasteiger partial charge on any atom is -0.355 e. The van der Waals surface area contributed by atoms with Crippen LogP contribution in [0.5, 0.6) is 0 Å². The second-order valence-corrected chi connectivity index (χ2v) is 7.24. The number of aryl methyl sites for hydroxylation is 1. The Hall–Kier alpha value is -1.56. The summed E-state index contributed by atoms with van der Waals surface area (Å²) in [7, 11) is -1.08. The summed E-state index contributed by atoms with van der Waals surface area (Å²) in [5.74, 6) is 1.14. The highest BCUT2D eigenvalue weighted by molar-refractivity contribution is 7.91. The van der Waals surface area contributed by atoms with Crippen molar-refractivity contribution in [1.82, 2.24) is 10.2 Å². The zero-order valence-corrected chi connectivity index (χ0v) is 12.6. The Morgan fingerprint density at radius 1 is 1.25 bits per heavy atom. The fraction of sp³-hybridized carbons (Fsp3) is 0.500. The normalized spacial score (nSPS) is 15.2. The minimum absolute atomic E-state index is 0.146. The molecule has 0 aromatic heterocycles. The van der Waals surface area contributed by atoms with Crippen LogP contribution in [0.3, 0.4) is 0 Å². The zero-order chi connectivity index (χ0) is 14.4. The van der Waals surface area contributed by atoms with Crippen molar-refractivity contribution < 1.29 is 8.42 Å². The lowest BCUT2D eigenvalue weighted by Crippen LogP contribution is -2.38. The van der Waals surface area contributed by atoms with Crippen LogP contribution in [0.2, 0.25) is 0 Å². The summed E-state index contributed by atoms with van der Waals surface area (Å²) in [5, 5.41) is 3.08. The van der Waals surface area contributed by atoms with Crippen LogP contribution in [0.25, 0.3) is 0 Å². The summed E-state index contributed by atoms with van der Waals surface area (Å²) < 4.78 is 23.9. The van der Waals surface area contributed by atoms with Crippen LogP contribution in [0.4, 0.5) is 0 Å². The molecular formula is C14H21N3O2S. The van der Waals surface area contributed by atoms with Crippen molar-refractivity contribution >= 4 is 15.8 Å². The molecule has 0 aliphatic carbocycles. The van der Waals surface area contributed by atoms with E-state index in [1.165, 1.54) is 0 Å². The molecule has 5 nitrogen and oxygen atoms in total. The van der Waals surface area contributed by atoms with E-state index in [1.807, 2.05) is 42.3 Å². The van der Waals surface area contributed by atoms with Crippen LogP contribution >= 0.6 is 0 Å². The highest BCUT2D eigenvalue weighted by Crippen LogP contribution is 2.02. The standard InChI is InChI=1S/C14H21N3O2S/c1-17-10-8-15-14(17)16-9-12-20(18,19)11-7-13-5-3-2-4-6-13/h2-6H,7-12H2,1H3,(H,15,16). The molecule has 1 aliphatic heterocycles. The fourth-order valence-electron chi connectivity index (χ4n) is 2.06. The van der Waals surface area contributed by atoms with Crippen LogP contribution in [-0.2, 0) is 16.3 Å². The van der Waals surface area contributed by atoms with Gasteiger partial charge in [0.05, 0.1) is 18.1 Å². The van der Waals surface area contributed by atoms with Crippen molar-refractivity contribution in [3.63, 3.8) is 0 Å². The van der Waals surface area contributed by atoms with E-state index in [9.17, 15) is 8.42 Å². The van der Waals surface area contributed by atoms with E-state index in [0.717, 1.165) is 24.6 Å². The number of sulfone groups is 1. The average molecular weight is 295 g/mol. The van der Waals surface area contributed by atoms with Crippen molar-refractivity contribution in [3.8, 4) is 0 Å². The number of hydrogen-bond acceptors (Lipinski definition) is 5. The average Bonchev–Trinajstić information content (AvgIpc) is 2.83. The van der Waals surface area contributed by atoms with E-state index in [0.29, 0.717) is 13.0 Å². The van der Waals surface area contributed by atoms with E-state index in [2.05, 4.69) is 10.3 Å². The van der Waals surface area contributed by atoms with Crippen LogP contribution in [0, 0.1) is 0 Å². The minimum atomic E-state index is -3.02. The molecule has 1 aromatic carbocycles. The monoisotopic (exact) mass is 295 g/mol. The van der Waals surface area contributed by atoms with Gasteiger partial charge in [0.15, 0.2) is 15.8 Å². The van der Waals surface area contributed by atoms with Gasteiger partial charge in [0.25, 0.3) is 0 Å². The second-order valence-electron chi connectivity index (χ2n) is 4.94. The lowest BCUT2D eigenvalue weighted by Gasteiger charge is -2.15. The predicted molar refractivity (Wildman–Crippen MR) is 81.7 cm³/mol. The van der Waals surface area contributed by atoms with E-state index in [1.54, 1.807) is 0 Å². The van der Waals surface area contributed by atoms with Gasteiger partial charge in [0.2, 0.25) is 0 Å². The van der Waals surface area contributed by atoms with Crippen molar-refractivity contribution in [3.05, 3.63) is 35.9 Å². The summed E-state index contributed by atoms with van der Waals surface area (Å²) >= 11 is 0. The third-order valence-corrected chi connectivity index (χ3v) is 4.95. The number of aliphatic imine (C=N–C) groups is 1. The summed E-state index contributed by atoms with van der Waals surface area (Å²) in [5.41, 5.74) is 1.06. The van der Waals surface area contributed by atoms with Gasteiger partial charge in [-0.2, -0.15) is 0 Å². The Balaban J connectivity index is 1.74. The number of likely N-dealkylation sites (N-methyl/N-ethyl adjacent to an activating group) is 1. The molecule has 1 aliphatic rings. The number of guanidine groups is 1. The molecule has 2 rings (SSSR count). The lowest BCUT2D eigenvalue weighted by atomic mass is 10.2. The predicted octanol–water partition coefficient (Wildman–Crippen LogP) is 0.535. The fourth-order valence-corrected chi connectivity index (χ4v) is 3.23. The SMILES string of the molecule is CN1CCN=C1NCCS(=O)(=O)CCc1ccccc1. The van der Waals surface area contributed by atoms with E-state index in [-0.39, 0.29) is 11.5 Å². The molecule has 1 aromatic rings. The van der Waals surface area contributed by atoms with Gasteiger partial charge in [-0.25, -0.2) is 8.42 Å². The Kier molecular flexibility index (Phi) is 5.00. The Bertz CT molecular complexity index is 555. The van der Waals surface area contributed by atoms with Crippen LogP contribution in [-0.4, -0.2) is 57.5 Å². The van der Waals surface area contributed by atoms with E-state index in [4.69, 9.17) is 0 Å². The Morgan fingerprint density at radius 2 is 2.00 bits per heavy atom. The lowest BCUT2D eigenvalue weighted by molar-refractivity contribution is 0.535. The van der Waals surface area contributed by atoms with E-state index >= 15 is 0 Å². The number of rotatable bonds is 6. The van der Waals surface area contributed by atoms with Gasteiger partial charge in [-0.15, -0.1) is 0 Å². The zero-order valence-electron chi connectivity index (χ0n) is 11.7. The molecular weight excluding hydrogens is 274 g/mol. The third-order valence-electron chi connectivity index (χ3n) is 3.30. The smallest absolute Gasteiger partial charge is 0.193 e. The first-order chi connectivity index (χ1) is 9.57. The van der Waals surface area contributed by atoms with Crippen molar-refractivity contribution in [2.75, 3.05) is 38.2 Å². The highest BCUT2D eigenvalue weighted by atomic mass is 32.2. The number of hydrogen-bond donors (Lipinski definition) is 1. The van der Waals surface area contributed by atoms with Crippen LogP contribution < -0.4 is 5.32 Å². The number of benzene rings is 1. The first-order valence-electron chi connectivity index (χ1n) is 6.81. The van der Waals surface area contributed by atoms with Gasteiger partial charge in [0, 0.05) is 20.1 Å². The quantitative estimate of drug-likeness (QED) is 0.832. The van der Waals surface area contributed by atoms with Crippen molar-refractivity contribution in [2.24, 2.45) is 4.99 Å². The summed E-state index contributed by atoms with van der Waals surface area (Å²) in [6.45, 7) is 2.09. The molecule has 0 spiro atoms. The van der Waals surface area contributed by atoms with Crippen molar-refractivity contribution in [2.45, 2.75) is 6.42 Å². The highest BCUT2D eigenvalue weighted by Gasteiger charge is 2.14. The van der Waals surface area contributed by atoms with Crippen LogP contribution in [0.15, 0.2) is 35.3 Å². The van der Waals surface area contributed by atoms with Gasteiger partial charge in [-0.1, -0.05) is 30.3 Å². The van der Waals surface area contributed by atoms with E-state index < -0.39 is 9.84 Å². The molecule has 0 bridgehead atoms. The molecule has 6 heteroatoms. The molecule has 110 valence electrons. The first-order valence-corrected chi connectivity index (χ1v) is 8.63. The maximum absolute atomic E-state index is 12.0. The molecule has 1 N–H and O–H groups in total.